The van der Waals surface area contributed by atoms with Crippen molar-refractivity contribution < 1.29 is 8.42 Å². The standard InChI is InChI=1S/C19H22N2O2S/c1-14-9-11-15(12-10-14)24(22,23)21-20-18-13-19(2,3)17-8-6-4-5-7-16(17)18/h4-6,8-12,21H,7,13H2,1-3H3/b20-18+. The van der Waals surface area contributed by atoms with Crippen LogP contribution in [0.1, 0.15) is 32.3 Å². The van der Waals surface area contributed by atoms with E-state index in [1.54, 1.807) is 24.3 Å². The summed E-state index contributed by atoms with van der Waals surface area (Å²) in [5.41, 5.74) is 4.16. The van der Waals surface area contributed by atoms with Gasteiger partial charge in [-0.25, -0.2) is 0 Å². The minimum Gasteiger partial charge on any atom is -0.200 e. The lowest BCUT2D eigenvalue weighted by Crippen LogP contribution is -2.21. The van der Waals surface area contributed by atoms with Gasteiger partial charge in [0.05, 0.1) is 10.6 Å². The van der Waals surface area contributed by atoms with Gasteiger partial charge in [0.25, 0.3) is 10.0 Å². The molecule has 1 aromatic rings. The zero-order chi connectivity index (χ0) is 17.4. The fourth-order valence-electron chi connectivity index (χ4n) is 3.15. The van der Waals surface area contributed by atoms with Crippen LogP contribution in [0.4, 0.5) is 0 Å². The summed E-state index contributed by atoms with van der Waals surface area (Å²) >= 11 is 0. The molecule has 0 atom stereocenters. The third-order valence-electron chi connectivity index (χ3n) is 4.48. The molecule has 5 heteroatoms. The highest BCUT2D eigenvalue weighted by atomic mass is 32.2. The van der Waals surface area contributed by atoms with Gasteiger partial charge in [-0.1, -0.05) is 55.8 Å². The number of benzene rings is 1. The summed E-state index contributed by atoms with van der Waals surface area (Å²) in [5.74, 6) is 0. The van der Waals surface area contributed by atoms with Gasteiger partial charge in [0, 0.05) is 6.42 Å². The molecule has 2 aliphatic carbocycles. The Balaban J connectivity index is 1.89. The molecule has 0 bridgehead atoms. The van der Waals surface area contributed by atoms with Crippen molar-refractivity contribution in [2.75, 3.05) is 0 Å². The molecule has 0 aliphatic heterocycles. The number of nitrogens with one attached hydrogen (secondary N) is 1. The molecule has 0 amide bonds. The van der Waals surface area contributed by atoms with Crippen LogP contribution in [0.5, 0.6) is 0 Å². The van der Waals surface area contributed by atoms with E-state index in [0.29, 0.717) is 0 Å². The van der Waals surface area contributed by atoms with Crippen molar-refractivity contribution in [3.8, 4) is 0 Å². The Morgan fingerprint density at radius 3 is 2.54 bits per heavy atom. The van der Waals surface area contributed by atoms with E-state index in [1.165, 1.54) is 5.57 Å². The Kier molecular flexibility index (Phi) is 4.22. The van der Waals surface area contributed by atoms with Gasteiger partial charge in [-0.2, -0.15) is 18.4 Å². The minimum absolute atomic E-state index is 0.0357. The average Bonchev–Trinajstić information content (AvgIpc) is 2.70. The third-order valence-corrected chi connectivity index (χ3v) is 5.70. The molecule has 0 aromatic heterocycles. The van der Waals surface area contributed by atoms with Crippen LogP contribution < -0.4 is 4.83 Å². The maximum atomic E-state index is 12.4. The molecule has 2 aliphatic rings. The third kappa shape index (κ3) is 3.22. The molecule has 1 N–H and O–H groups in total. The first-order chi connectivity index (χ1) is 11.3. The number of aryl methyl sites for hydroxylation is 1. The lowest BCUT2D eigenvalue weighted by Gasteiger charge is -2.19. The number of allylic oxidation sites excluding steroid dienone is 6. The van der Waals surface area contributed by atoms with Crippen molar-refractivity contribution in [1.29, 1.82) is 0 Å². The largest absolute Gasteiger partial charge is 0.276 e. The molecule has 24 heavy (non-hydrogen) atoms. The molecule has 0 radical (unpaired) electrons. The van der Waals surface area contributed by atoms with E-state index >= 15 is 0 Å². The van der Waals surface area contributed by atoms with Gasteiger partial charge in [-0.15, -0.1) is 0 Å². The molecule has 0 saturated heterocycles. The van der Waals surface area contributed by atoms with Crippen molar-refractivity contribution >= 4 is 15.7 Å². The van der Waals surface area contributed by atoms with Gasteiger partial charge in [-0.3, -0.25) is 0 Å². The molecule has 4 nitrogen and oxygen atoms in total. The number of hydrogen-bond donors (Lipinski definition) is 1. The first kappa shape index (κ1) is 16.7. The second kappa shape index (κ2) is 6.06. The summed E-state index contributed by atoms with van der Waals surface area (Å²) in [4.78, 5) is 2.63. The van der Waals surface area contributed by atoms with Crippen LogP contribution in [0.15, 0.2) is 69.7 Å². The van der Waals surface area contributed by atoms with Crippen LogP contribution in [-0.4, -0.2) is 14.1 Å². The van der Waals surface area contributed by atoms with Gasteiger partial charge in [-0.05, 0) is 42.0 Å². The van der Waals surface area contributed by atoms with Gasteiger partial charge in [0.2, 0.25) is 0 Å². The number of sulfonamides is 1. The first-order valence-corrected chi connectivity index (χ1v) is 9.50. The molecule has 0 spiro atoms. The van der Waals surface area contributed by atoms with Gasteiger partial charge in [0.15, 0.2) is 0 Å². The van der Waals surface area contributed by atoms with E-state index in [1.807, 2.05) is 19.1 Å². The van der Waals surface area contributed by atoms with Gasteiger partial charge >= 0.3 is 0 Å². The van der Waals surface area contributed by atoms with Crippen LogP contribution in [0.2, 0.25) is 0 Å². The fraction of sp³-hybridized carbons (Fsp3) is 0.316. The summed E-state index contributed by atoms with van der Waals surface area (Å²) < 4.78 is 24.9. The maximum absolute atomic E-state index is 12.4. The van der Waals surface area contributed by atoms with Crippen molar-refractivity contribution in [2.24, 2.45) is 10.5 Å². The Bertz CT molecular complexity index is 870. The normalized spacial score (nSPS) is 21.0. The van der Waals surface area contributed by atoms with E-state index in [4.69, 9.17) is 0 Å². The molecule has 0 heterocycles. The Labute approximate surface area is 143 Å². The number of hydrogen-bond acceptors (Lipinski definition) is 3. The van der Waals surface area contributed by atoms with Crippen LogP contribution in [0, 0.1) is 12.3 Å². The number of hydrazone groups is 1. The van der Waals surface area contributed by atoms with Gasteiger partial charge < -0.3 is 0 Å². The summed E-state index contributed by atoms with van der Waals surface area (Å²) in [6.07, 6.45) is 9.73. The summed E-state index contributed by atoms with van der Waals surface area (Å²) in [5, 5.41) is 4.27. The van der Waals surface area contributed by atoms with Crippen LogP contribution in [-0.2, 0) is 10.0 Å². The van der Waals surface area contributed by atoms with Gasteiger partial charge in [0.1, 0.15) is 0 Å². The molecule has 0 fully saturated rings. The van der Waals surface area contributed by atoms with E-state index < -0.39 is 10.0 Å². The predicted octanol–water partition coefficient (Wildman–Crippen LogP) is 3.87. The highest BCUT2D eigenvalue weighted by Crippen LogP contribution is 2.43. The topological polar surface area (TPSA) is 58.5 Å². The van der Waals surface area contributed by atoms with Crippen molar-refractivity contribution in [1.82, 2.24) is 4.83 Å². The SMILES string of the molecule is Cc1ccc(S(=O)(=O)N/N=C2\CC(C)(C)C3=C2CC=CC=C3)cc1. The van der Waals surface area contributed by atoms with E-state index in [0.717, 1.165) is 29.7 Å². The minimum atomic E-state index is -3.64. The quantitative estimate of drug-likeness (QED) is 0.848. The highest BCUT2D eigenvalue weighted by molar-refractivity contribution is 7.89. The van der Waals surface area contributed by atoms with Crippen molar-refractivity contribution in [3.05, 3.63) is 65.3 Å². The second-order valence-electron chi connectivity index (χ2n) is 6.91. The van der Waals surface area contributed by atoms with Crippen molar-refractivity contribution in [3.63, 3.8) is 0 Å². The van der Waals surface area contributed by atoms with Crippen LogP contribution in [0.3, 0.4) is 0 Å². The molecule has 126 valence electrons. The first-order valence-electron chi connectivity index (χ1n) is 8.02. The zero-order valence-electron chi connectivity index (χ0n) is 14.2. The lowest BCUT2D eigenvalue weighted by molar-refractivity contribution is 0.492. The number of rotatable bonds is 3. The number of nitrogens with zero attached hydrogens (tertiary/aromatic N) is 1. The maximum Gasteiger partial charge on any atom is 0.276 e. The molecular weight excluding hydrogens is 320 g/mol. The monoisotopic (exact) mass is 342 g/mol. The van der Waals surface area contributed by atoms with Crippen molar-refractivity contribution in [2.45, 2.75) is 38.5 Å². The summed E-state index contributed by atoms with van der Waals surface area (Å²) in [6, 6.07) is 6.75. The second-order valence-corrected chi connectivity index (χ2v) is 8.57. The Hall–Kier alpha value is -2.14. The van der Waals surface area contributed by atoms with Crippen LogP contribution in [0.25, 0.3) is 0 Å². The Morgan fingerprint density at radius 1 is 1.12 bits per heavy atom. The zero-order valence-corrected chi connectivity index (χ0v) is 15.0. The average molecular weight is 342 g/mol. The molecular formula is C19H22N2O2S. The van der Waals surface area contributed by atoms with E-state index in [9.17, 15) is 8.42 Å². The predicted molar refractivity (Wildman–Crippen MR) is 97.3 cm³/mol. The van der Waals surface area contributed by atoms with E-state index in [-0.39, 0.29) is 10.3 Å². The fourth-order valence-corrected chi connectivity index (χ4v) is 3.98. The van der Waals surface area contributed by atoms with Crippen LogP contribution >= 0.6 is 0 Å². The molecule has 0 unspecified atom stereocenters. The molecule has 3 rings (SSSR count). The highest BCUT2D eigenvalue weighted by Gasteiger charge is 2.35. The summed E-state index contributed by atoms with van der Waals surface area (Å²) in [6.45, 7) is 6.25. The summed E-state index contributed by atoms with van der Waals surface area (Å²) in [7, 11) is -3.64. The van der Waals surface area contributed by atoms with E-state index in [2.05, 4.69) is 35.9 Å². The molecule has 1 aromatic carbocycles. The lowest BCUT2D eigenvalue weighted by atomic mass is 9.85. The Morgan fingerprint density at radius 2 is 1.83 bits per heavy atom. The smallest absolute Gasteiger partial charge is 0.200 e. The molecule has 0 saturated carbocycles.